The maximum atomic E-state index is 15.2. The van der Waals surface area contributed by atoms with Crippen LogP contribution in [0.25, 0.3) is 0 Å². The highest BCUT2D eigenvalue weighted by Gasteiger charge is 2.37. The fraction of sp³-hybridized carbons (Fsp3) is 0.444. The second-order valence-corrected chi connectivity index (χ2v) is 8.81. The first-order valence-corrected chi connectivity index (χ1v) is 11.8. The van der Waals surface area contributed by atoms with Crippen LogP contribution in [0.5, 0.6) is 5.75 Å². The molecule has 0 spiro atoms. The molecule has 0 bridgehead atoms. The second-order valence-electron chi connectivity index (χ2n) is 8.81. The lowest BCUT2D eigenvalue weighted by molar-refractivity contribution is 0.0294. The molecule has 0 radical (unpaired) electrons. The van der Waals surface area contributed by atoms with Crippen molar-refractivity contribution in [2.75, 3.05) is 32.7 Å². The van der Waals surface area contributed by atoms with Crippen LogP contribution >= 0.6 is 0 Å². The number of rotatable bonds is 8. The number of carbonyl (C=O) groups is 1. The average molecular weight is 454 g/mol. The van der Waals surface area contributed by atoms with Gasteiger partial charge in [-0.05, 0) is 57.5 Å². The third-order valence-electron chi connectivity index (χ3n) is 6.67. The Morgan fingerprint density at radius 1 is 1.15 bits per heavy atom. The summed E-state index contributed by atoms with van der Waals surface area (Å²) in [5.41, 5.74) is 1.71. The van der Waals surface area contributed by atoms with Crippen molar-refractivity contribution < 1.29 is 14.3 Å². The summed E-state index contributed by atoms with van der Waals surface area (Å²) in [5.74, 6) is -0.446. The Morgan fingerprint density at radius 2 is 1.85 bits per heavy atom. The van der Waals surface area contributed by atoms with Gasteiger partial charge in [0.2, 0.25) is 0 Å². The zero-order valence-electron chi connectivity index (χ0n) is 20.2. The van der Waals surface area contributed by atoms with E-state index in [0.29, 0.717) is 30.8 Å². The van der Waals surface area contributed by atoms with Crippen molar-refractivity contribution in [2.24, 2.45) is 0 Å². The molecule has 1 fully saturated rings. The van der Waals surface area contributed by atoms with Crippen LogP contribution in [0.3, 0.4) is 0 Å². The predicted molar refractivity (Wildman–Crippen MR) is 131 cm³/mol. The number of hydrogen-bond donors (Lipinski definition) is 1. The largest absolute Gasteiger partial charge is 0.508 e. The van der Waals surface area contributed by atoms with E-state index in [1.165, 1.54) is 18.2 Å². The number of aromatic hydroxyl groups is 1. The lowest BCUT2D eigenvalue weighted by atomic mass is 9.89. The Balaban J connectivity index is 2.16. The standard InChI is InChI=1S/C27H36FN3O2/c1-6-15-30-17-20(5)31(18-19(30)4)26(24-16-21(32)13-14-25(24)28)22-11-9-10-12-23(22)27(33)29(7-2)8-3/h6,9-14,16,19-20,26,32H,1,7-8,15,17-18H2,2-5H3/t19-,20+,26?/m1/s1. The van der Waals surface area contributed by atoms with Crippen LogP contribution in [0.15, 0.2) is 55.1 Å². The summed E-state index contributed by atoms with van der Waals surface area (Å²) in [7, 11) is 0. The number of phenols is 1. The number of benzene rings is 2. The first-order valence-electron chi connectivity index (χ1n) is 11.8. The van der Waals surface area contributed by atoms with Crippen molar-refractivity contribution in [1.82, 2.24) is 14.7 Å². The first kappa shape index (κ1) is 24.9. The van der Waals surface area contributed by atoms with Gasteiger partial charge in [-0.3, -0.25) is 14.6 Å². The SMILES string of the molecule is C=CCN1C[C@H](C)N(C(c2cc(O)ccc2F)c2ccccc2C(=O)N(CC)CC)C[C@H]1C. The fourth-order valence-corrected chi connectivity index (χ4v) is 4.88. The molecule has 0 aromatic heterocycles. The molecule has 5 nitrogen and oxygen atoms in total. The summed E-state index contributed by atoms with van der Waals surface area (Å²) >= 11 is 0. The maximum absolute atomic E-state index is 15.2. The number of amides is 1. The van der Waals surface area contributed by atoms with Crippen LogP contribution in [-0.4, -0.2) is 70.5 Å². The highest BCUT2D eigenvalue weighted by molar-refractivity contribution is 5.96. The minimum atomic E-state index is -0.504. The van der Waals surface area contributed by atoms with Crippen molar-refractivity contribution in [3.63, 3.8) is 0 Å². The first-order chi connectivity index (χ1) is 15.8. The number of carbonyl (C=O) groups excluding carboxylic acids is 1. The zero-order valence-corrected chi connectivity index (χ0v) is 20.2. The van der Waals surface area contributed by atoms with Crippen molar-refractivity contribution >= 4 is 5.91 Å². The number of hydrogen-bond acceptors (Lipinski definition) is 4. The summed E-state index contributed by atoms with van der Waals surface area (Å²) in [6.45, 7) is 15.6. The number of phenolic OH excluding ortho intramolecular Hbond substituents is 1. The van der Waals surface area contributed by atoms with Gasteiger partial charge >= 0.3 is 0 Å². The van der Waals surface area contributed by atoms with Gasteiger partial charge in [0.05, 0.1) is 6.04 Å². The molecule has 1 N–H and O–H groups in total. The van der Waals surface area contributed by atoms with Crippen molar-refractivity contribution in [3.05, 3.63) is 77.6 Å². The molecule has 0 aliphatic carbocycles. The third-order valence-corrected chi connectivity index (χ3v) is 6.67. The number of nitrogens with zero attached hydrogens (tertiary/aromatic N) is 3. The van der Waals surface area contributed by atoms with E-state index in [1.807, 2.05) is 44.2 Å². The van der Waals surface area contributed by atoms with Crippen LogP contribution in [0.4, 0.5) is 4.39 Å². The van der Waals surface area contributed by atoms with E-state index >= 15 is 4.39 Å². The van der Waals surface area contributed by atoms with E-state index in [-0.39, 0.29) is 23.7 Å². The van der Waals surface area contributed by atoms with Gasteiger partial charge in [0.25, 0.3) is 5.91 Å². The van der Waals surface area contributed by atoms with Crippen LogP contribution in [0.2, 0.25) is 0 Å². The van der Waals surface area contributed by atoms with Gasteiger partial charge in [-0.15, -0.1) is 6.58 Å². The summed E-state index contributed by atoms with van der Waals surface area (Å²) in [6, 6.07) is 11.5. The highest BCUT2D eigenvalue weighted by Crippen LogP contribution is 2.37. The Morgan fingerprint density at radius 3 is 2.52 bits per heavy atom. The van der Waals surface area contributed by atoms with Crippen LogP contribution in [0.1, 0.15) is 55.2 Å². The van der Waals surface area contributed by atoms with E-state index < -0.39 is 11.9 Å². The van der Waals surface area contributed by atoms with Crippen molar-refractivity contribution in [2.45, 2.75) is 45.8 Å². The molecule has 1 saturated heterocycles. The summed E-state index contributed by atoms with van der Waals surface area (Å²) in [6.07, 6.45) is 1.91. The minimum absolute atomic E-state index is 0.00921. The fourth-order valence-electron chi connectivity index (χ4n) is 4.88. The van der Waals surface area contributed by atoms with Crippen LogP contribution in [0, 0.1) is 5.82 Å². The monoisotopic (exact) mass is 453 g/mol. The van der Waals surface area contributed by atoms with Gasteiger partial charge in [-0.1, -0.05) is 24.3 Å². The third kappa shape index (κ3) is 5.28. The second kappa shape index (κ2) is 10.9. The summed E-state index contributed by atoms with van der Waals surface area (Å²) in [4.78, 5) is 19.8. The van der Waals surface area contributed by atoms with Crippen molar-refractivity contribution in [1.29, 1.82) is 0 Å². The van der Waals surface area contributed by atoms with Gasteiger partial charge in [-0.2, -0.15) is 0 Å². The summed E-state index contributed by atoms with van der Waals surface area (Å²) in [5, 5.41) is 10.2. The molecule has 1 unspecified atom stereocenters. The molecule has 33 heavy (non-hydrogen) atoms. The quantitative estimate of drug-likeness (QED) is 0.590. The zero-order chi connectivity index (χ0) is 24.1. The van der Waals surface area contributed by atoms with E-state index in [2.05, 4.69) is 30.2 Å². The van der Waals surface area contributed by atoms with E-state index in [9.17, 15) is 9.90 Å². The van der Waals surface area contributed by atoms with Crippen LogP contribution in [-0.2, 0) is 0 Å². The van der Waals surface area contributed by atoms with Gasteiger partial charge < -0.3 is 10.0 Å². The molecule has 2 aromatic rings. The van der Waals surface area contributed by atoms with Gasteiger partial charge in [0, 0.05) is 55.9 Å². The molecule has 2 aromatic carbocycles. The molecule has 1 aliphatic rings. The lowest BCUT2D eigenvalue weighted by Gasteiger charge is -2.47. The molecule has 3 atom stereocenters. The molecule has 0 saturated carbocycles. The number of halogens is 1. The topological polar surface area (TPSA) is 47.0 Å². The minimum Gasteiger partial charge on any atom is -0.508 e. The molecule has 1 aliphatic heterocycles. The molecule has 3 rings (SSSR count). The molecular weight excluding hydrogens is 417 g/mol. The smallest absolute Gasteiger partial charge is 0.254 e. The van der Waals surface area contributed by atoms with Gasteiger partial charge in [-0.25, -0.2) is 4.39 Å². The Kier molecular flexibility index (Phi) is 8.27. The maximum Gasteiger partial charge on any atom is 0.254 e. The Labute approximate surface area is 197 Å². The van der Waals surface area contributed by atoms with Crippen LogP contribution < -0.4 is 0 Å². The number of piperazine rings is 1. The van der Waals surface area contributed by atoms with Gasteiger partial charge in [0.1, 0.15) is 11.6 Å². The molecule has 1 amide bonds. The molecule has 178 valence electrons. The Hall–Kier alpha value is -2.70. The molecule has 1 heterocycles. The van der Waals surface area contributed by atoms with Gasteiger partial charge in [0.15, 0.2) is 0 Å². The molecular formula is C27H36FN3O2. The lowest BCUT2D eigenvalue weighted by Crippen LogP contribution is -2.57. The predicted octanol–water partition coefficient (Wildman–Crippen LogP) is 4.68. The average Bonchev–Trinajstić information content (AvgIpc) is 2.80. The van der Waals surface area contributed by atoms with Crippen molar-refractivity contribution in [3.8, 4) is 5.75 Å². The normalized spacial score (nSPS) is 20.4. The highest BCUT2D eigenvalue weighted by atomic mass is 19.1. The Bertz CT molecular complexity index is 976. The summed E-state index contributed by atoms with van der Waals surface area (Å²) < 4.78 is 15.2. The molecule has 6 heteroatoms. The van der Waals surface area contributed by atoms with E-state index in [0.717, 1.165) is 18.7 Å². The van der Waals surface area contributed by atoms with E-state index in [1.54, 1.807) is 4.90 Å². The van der Waals surface area contributed by atoms with E-state index in [4.69, 9.17) is 0 Å².